The summed E-state index contributed by atoms with van der Waals surface area (Å²) in [6.45, 7) is 6.42. The minimum absolute atomic E-state index is 0.00791. The Morgan fingerprint density at radius 1 is 1.33 bits per heavy atom. The second-order valence-electron chi connectivity index (χ2n) is 7.75. The summed E-state index contributed by atoms with van der Waals surface area (Å²) in [6, 6.07) is 1.56. The van der Waals surface area contributed by atoms with Gasteiger partial charge >= 0.3 is 0 Å². The molecule has 0 bridgehead atoms. The summed E-state index contributed by atoms with van der Waals surface area (Å²) in [5.41, 5.74) is 0. The van der Waals surface area contributed by atoms with Crippen LogP contribution in [0.25, 0.3) is 0 Å². The Kier molecular flexibility index (Phi) is 7.26. The van der Waals surface area contributed by atoms with E-state index in [0.717, 1.165) is 13.1 Å². The third-order valence-electron chi connectivity index (χ3n) is 5.92. The zero-order valence-corrected chi connectivity index (χ0v) is 16.5. The first kappa shape index (κ1) is 19.9. The van der Waals surface area contributed by atoms with Crippen molar-refractivity contribution in [2.75, 3.05) is 32.7 Å². The van der Waals surface area contributed by atoms with Crippen LogP contribution >= 0.6 is 0 Å². The summed E-state index contributed by atoms with van der Waals surface area (Å²) in [4.78, 5) is 29.5. The normalized spacial score (nSPS) is 21.8. The van der Waals surface area contributed by atoms with Gasteiger partial charge in [-0.05, 0) is 31.7 Å². The van der Waals surface area contributed by atoms with E-state index in [9.17, 15) is 9.59 Å². The summed E-state index contributed by atoms with van der Waals surface area (Å²) in [6.07, 6.45) is 10.3. The molecule has 1 aliphatic heterocycles. The fourth-order valence-corrected chi connectivity index (χ4v) is 4.31. The van der Waals surface area contributed by atoms with Crippen LogP contribution < -0.4 is 5.32 Å². The van der Waals surface area contributed by atoms with Gasteiger partial charge in [0.05, 0.1) is 19.0 Å². The van der Waals surface area contributed by atoms with Crippen LogP contribution in [-0.2, 0) is 16.1 Å². The fourth-order valence-electron chi connectivity index (χ4n) is 4.31. The van der Waals surface area contributed by atoms with E-state index in [-0.39, 0.29) is 24.3 Å². The molecular formula is C20H33N5O2. The first-order valence-electron chi connectivity index (χ1n) is 10.4. The van der Waals surface area contributed by atoms with Crippen LogP contribution in [0.5, 0.6) is 0 Å². The number of aromatic nitrogens is 2. The van der Waals surface area contributed by atoms with Crippen LogP contribution in [0.15, 0.2) is 18.5 Å². The lowest BCUT2D eigenvalue weighted by atomic mass is 9.88. The van der Waals surface area contributed by atoms with Gasteiger partial charge in [0.2, 0.25) is 11.8 Å². The number of rotatable bonds is 8. The van der Waals surface area contributed by atoms with Crippen LogP contribution in [0.4, 0.5) is 0 Å². The summed E-state index contributed by atoms with van der Waals surface area (Å²) in [5, 5.41) is 7.14. The SMILES string of the molecule is CCN(CCn1cccn1)C(=O)C[C@@H]1C(=O)NCCN1CC1CCCCC1. The van der Waals surface area contributed by atoms with Crippen molar-refractivity contribution in [1.29, 1.82) is 0 Å². The topological polar surface area (TPSA) is 70.5 Å². The lowest BCUT2D eigenvalue weighted by Crippen LogP contribution is -2.57. The molecule has 0 spiro atoms. The molecule has 1 atom stereocenters. The predicted molar refractivity (Wildman–Crippen MR) is 104 cm³/mol. The molecule has 1 N–H and O–H groups in total. The molecule has 150 valence electrons. The molecule has 1 saturated carbocycles. The summed E-state index contributed by atoms with van der Waals surface area (Å²) in [5.74, 6) is 0.734. The van der Waals surface area contributed by atoms with E-state index in [2.05, 4.69) is 15.3 Å². The summed E-state index contributed by atoms with van der Waals surface area (Å²) < 4.78 is 1.83. The van der Waals surface area contributed by atoms with Gasteiger partial charge < -0.3 is 10.2 Å². The third-order valence-corrected chi connectivity index (χ3v) is 5.92. The second kappa shape index (κ2) is 9.88. The summed E-state index contributed by atoms with van der Waals surface area (Å²) >= 11 is 0. The number of piperazine rings is 1. The Labute approximate surface area is 162 Å². The quantitative estimate of drug-likeness (QED) is 0.748. The number of hydrogen-bond donors (Lipinski definition) is 1. The molecule has 0 aromatic carbocycles. The minimum Gasteiger partial charge on any atom is -0.353 e. The number of nitrogens with zero attached hydrogens (tertiary/aromatic N) is 4. The maximum atomic E-state index is 12.9. The highest BCUT2D eigenvalue weighted by Gasteiger charge is 2.34. The van der Waals surface area contributed by atoms with Gasteiger partial charge in [0.15, 0.2) is 0 Å². The van der Waals surface area contributed by atoms with Gasteiger partial charge in [0, 0.05) is 45.1 Å². The van der Waals surface area contributed by atoms with Crippen molar-refractivity contribution in [3.63, 3.8) is 0 Å². The molecule has 2 amide bonds. The first-order valence-corrected chi connectivity index (χ1v) is 10.4. The molecule has 2 fully saturated rings. The van der Waals surface area contributed by atoms with Gasteiger partial charge in [-0.15, -0.1) is 0 Å². The predicted octanol–water partition coefficient (Wildman–Crippen LogP) is 1.50. The molecule has 2 aliphatic rings. The number of amides is 2. The van der Waals surface area contributed by atoms with E-state index in [1.54, 1.807) is 6.20 Å². The van der Waals surface area contributed by atoms with Gasteiger partial charge in [0.25, 0.3) is 0 Å². The highest BCUT2D eigenvalue weighted by Crippen LogP contribution is 2.26. The van der Waals surface area contributed by atoms with Crippen LogP contribution in [0.3, 0.4) is 0 Å². The number of carbonyl (C=O) groups excluding carboxylic acids is 2. The monoisotopic (exact) mass is 375 g/mol. The van der Waals surface area contributed by atoms with Crippen molar-refractivity contribution >= 4 is 11.8 Å². The molecule has 0 radical (unpaired) electrons. The Bertz CT molecular complexity index is 598. The lowest BCUT2D eigenvalue weighted by molar-refractivity contribution is -0.139. The van der Waals surface area contributed by atoms with Crippen molar-refractivity contribution < 1.29 is 9.59 Å². The largest absolute Gasteiger partial charge is 0.353 e. The van der Waals surface area contributed by atoms with E-state index >= 15 is 0 Å². The number of nitrogens with one attached hydrogen (secondary N) is 1. The Morgan fingerprint density at radius 3 is 2.85 bits per heavy atom. The molecule has 0 unspecified atom stereocenters. The van der Waals surface area contributed by atoms with Gasteiger partial charge in [-0.2, -0.15) is 5.10 Å². The minimum atomic E-state index is -0.327. The third kappa shape index (κ3) is 5.54. The van der Waals surface area contributed by atoms with E-state index in [1.165, 1.54) is 32.1 Å². The maximum Gasteiger partial charge on any atom is 0.237 e. The maximum absolute atomic E-state index is 12.9. The molecule has 1 aromatic heterocycles. The van der Waals surface area contributed by atoms with Crippen molar-refractivity contribution in [2.24, 2.45) is 5.92 Å². The van der Waals surface area contributed by atoms with Crippen molar-refractivity contribution in [3.05, 3.63) is 18.5 Å². The number of carbonyl (C=O) groups is 2. The molecule has 3 rings (SSSR count). The molecule has 2 heterocycles. The van der Waals surface area contributed by atoms with Crippen molar-refractivity contribution in [1.82, 2.24) is 24.9 Å². The molecule has 7 heteroatoms. The molecular weight excluding hydrogens is 342 g/mol. The zero-order valence-electron chi connectivity index (χ0n) is 16.5. The van der Waals surface area contributed by atoms with Gasteiger partial charge in [0.1, 0.15) is 0 Å². The van der Waals surface area contributed by atoms with Gasteiger partial charge in [-0.25, -0.2) is 0 Å². The molecule has 27 heavy (non-hydrogen) atoms. The smallest absolute Gasteiger partial charge is 0.237 e. The van der Waals surface area contributed by atoms with Crippen LogP contribution in [0.1, 0.15) is 45.4 Å². The molecule has 1 saturated heterocycles. The van der Waals surface area contributed by atoms with E-state index < -0.39 is 0 Å². The van der Waals surface area contributed by atoms with Crippen LogP contribution in [-0.4, -0.2) is 70.2 Å². The van der Waals surface area contributed by atoms with Crippen LogP contribution in [0.2, 0.25) is 0 Å². The lowest BCUT2D eigenvalue weighted by Gasteiger charge is -2.38. The van der Waals surface area contributed by atoms with Gasteiger partial charge in [-0.1, -0.05) is 19.3 Å². The van der Waals surface area contributed by atoms with E-state index in [1.807, 2.05) is 28.8 Å². The van der Waals surface area contributed by atoms with E-state index in [4.69, 9.17) is 0 Å². The summed E-state index contributed by atoms with van der Waals surface area (Å²) in [7, 11) is 0. The molecule has 7 nitrogen and oxygen atoms in total. The Balaban J connectivity index is 1.56. The number of likely N-dealkylation sites (N-methyl/N-ethyl adjacent to an activating group) is 1. The first-order chi connectivity index (χ1) is 13.2. The second-order valence-corrected chi connectivity index (χ2v) is 7.75. The highest BCUT2D eigenvalue weighted by atomic mass is 16.2. The van der Waals surface area contributed by atoms with Gasteiger partial charge in [-0.3, -0.25) is 19.2 Å². The fraction of sp³-hybridized carbons (Fsp3) is 0.750. The van der Waals surface area contributed by atoms with Crippen LogP contribution in [0, 0.1) is 5.92 Å². The Morgan fingerprint density at radius 2 is 2.15 bits per heavy atom. The average Bonchev–Trinajstić information content (AvgIpc) is 3.19. The van der Waals surface area contributed by atoms with E-state index in [0.29, 0.717) is 32.1 Å². The van der Waals surface area contributed by atoms with Crippen molar-refractivity contribution in [3.8, 4) is 0 Å². The number of hydrogen-bond acceptors (Lipinski definition) is 4. The molecule has 1 aliphatic carbocycles. The highest BCUT2D eigenvalue weighted by molar-refractivity contribution is 5.88. The Hall–Kier alpha value is -1.89. The molecule has 1 aromatic rings. The zero-order chi connectivity index (χ0) is 19.1. The average molecular weight is 376 g/mol. The standard InChI is InChI=1S/C20H33N5O2/c1-2-23(13-14-25-11-6-9-22-25)19(26)15-18-20(27)21-10-12-24(18)16-17-7-4-3-5-8-17/h6,9,11,17-18H,2-5,7-8,10,12-16H2,1H3,(H,21,27)/t18-/m1/s1. The van der Waals surface area contributed by atoms with Crippen molar-refractivity contribution in [2.45, 2.75) is 58.0 Å².